The lowest BCUT2D eigenvalue weighted by molar-refractivity contribution is -0.148. The molecule has 1 saturated heterocycles. The van der Waals surface area contributed by atoms with Crippen LogP contribution in [0.15, 0.2) is 24.3 Å². The molecule has 1 atom stereocenters. The van der Waals surface area contributed by atoms with Crippen molar-refractivity contribution < 1.29 is 19.4 Å². The van der Waals surface area contributed by atoms with Crippen molar-refractivity contribution in [2.24, 2.45) is 0 Å². The molecule has 2 aliphatic rings. The van der Waals surface area contributed by atoms with Crippen LogP contribution in [-0.2, 0) is 22.5 Å². The Labute approximate surface area is 205 Å². The first-order valence-electron chi connectivity index (χ1n) is 12.1. The second-order valence-corrected chi connectivity index (χ2v) is 9.51. The summed E-state index contributed by atoms with van der Waals surface area (Å²) in [5, 5.41) is 15.8. The Hall–Kier alpha value is -3.24. The number of aliphatic hydroxyl groups is 1. The second kappa shape index (κ2) is 10.2. The Balaban J connectivity index is 1.69. The molecule has 3 heterocycles. The molecule has 0 bridgehead atoms. The first-order valence-corrected chi connectivity index (χ1v) is 12.1. The minimum Gasteiger partial charge on any atom is -0.381 e. The van der Waals surface area contributed by atoms with Crippen LogP contribution < -0.4 is 15.5 Å². The average Bonchev–Trinajstić information content (AvgIpc) is 2.83. The van der Waals surface area contributed by atoms with Crippen LogP contribution in [0.5, 0.6) is 0 Å². The number of nitrogens with one attached hydrogen (secondary N) is 2. The minimum atomic E-state index is -1.44. The summed E-state index contributed by atoms with van der Waals surface area (Å²) in [5.74, 6) is 1.10. The molecule has 0 spiro atoms. The molecule has 2 aliphatic heterocycles. The SMILES string of the molecule is CCNC(=O)Nc1ccc(-c2nc3c(c(N4CCOC[C@H]4C)n2)CN(C(=O)C(C)(C)O)CC3)cc1. The van der Waals surface area contributed by atoms with Crippen molar-refractivity contribution in [3.63, 3.8) is 0 Å². The number of amides is 3. The van der Waals surface area contributed by atoms with E-state index in [2.05, 4.69) is 22.5 Å². The highest BCUT2D eigenvalue weighted by molar-refractivity contribution is 5.89. The number of fused-ring (bicyclic) bond motifs is 1. The van der Waals surface area contributed by atoms with Gasteiger partial charge in [0.15, 0.2) is 5.82 Å². The summed E-state index contributed by atoms with van der Waals surface area (Å²) in [4.78, 5) is 38.3. The lowest BCUT2D eigenvalue weighted by atomic mass is 10.0. The zero-order chi connectivity index (χ0) is 25.2. The lowest BCUT2D eigenvalue weighted by Gasteiger charge is -2.39. The predicted octanol–water partition coefficient (Wildman–Crippen LogP) is 2.17. The Bertz CT molecular complexity index is 1080. The van der Waals surface area contributed by atoms with Gasteiger partial charge in [-0.1, -0.05) is 0 Å². The van der Waals surface area contributed by atoms with Gasteiger partial charge in [0.25, 0.3) is 5.91 Å². The van der Waals surface area contributed by atoms with E-state index in [0.29, 0.717) is 57.3 Å². The summed E-state index contributed by atoms with van der Waals surface area (Å²) in [5.41, 5.74) is 1.91. The summed E-state index contributed by atoms with van der Waals surface area (Å²) >= 11 is 0. The summed E-state index contributed by atoms with van der Waals surface area (Å²) in [7, 11) is 0. The van der Waals surface area contributed by atoms with E-state index in [-0.39, 0.29) is 18.0 Å². The molecule has 3 amide bonds. The topological polar surface area (TPSA) is 120 Å². The number of anilines is 2. The van der Waals surface area contributed by atoms with Crippen LogP contribution in [0.1, 0.15) is 39.0 Å². The minimum absolute atomic E-state index is 0.125. The maximum atomic E-state index is 12.8. The van der Waals surface area contributed by atoms with Gasteiger partial charge in [-0.3, -0.25) is 4.79 Å². The molecule has 0 aliphatic carbocycles. The average molecular weight is 483 g/mol. The predicted molar refractivity (Wildman–Crippen MR) is 133 cm³/mol. The van der Waals surface area contributed by atoms with Gasteiger partial charge in [0.05, 0.1) is 31.5 Å². The van der Waals surface area contributed by atoms with Crippen molar-refractivity contribution in [3.05, 3.63) is 35.5 Å². The van der Waals surface area contributed by atoms with E-state index in [1.165, 1.54) is 13.8 Å². The molecule has 1 aromatic carbocycles. The van der Waals surface area contributed by atoms with Crippen LogP contribution in [0, 0.1) is 0 Å². The molecular formula is C25H34N6O4. The quantitative estimate of drug-likeness (QED) is 0.597. The number of morpholine rings is 1. The van der Waals surface area contributed by atoms with Crippen LogP contribution in [0.25, 0.3) is 11.4 Å². The normalized spacial score (nSPS) is 18.1. The second-order valence-electron chi connectivity index (χ2n) is 9.51. The Morgan fingerprint density at radius 2 is 1.94 bits per heavy atom. The Morgan fingerprint density at radius 3 is 2.60 bits per heavy atom. The van der Waals surface area contributed by atoms with Crippen molar-refractivity contribution in [2.75, 3.05) is 43.1 Å². The van der Waals surface area contributed by atoms with Crippen molar-refractivity contribution in [1.29, 1.82) is 0 Å². The fourth-order valence-corrected chi connectivity index (χ4v) is 4.40. The molecule has 1 aromatic heterocycles. The molecule has 10 heteroatoms. The van der Waals surface area contributed by atoms with E-state index >= 15 is 0 Å². The maximum absolute atomic E-state index is 12.8. The zero-order valence-electron chi connectivity index (χ0n) is 20.8. The first-order chi connectivity index (χ1) is 16.7. The van der Waals surface area contributed by atoms with E-state index in [1.54, 1.807) is 4.90 Å². The molecule has 35 heavy (non-hydrogen) atoms. The number of rotatable bonds is 5. The lowest BCUT2D eigenvalue weighted by Crippen LogP contribution is -2.49. The van der Waals surface area contributed by atoms with E-state index in [0.717, 1.165) is 22.6 Å². The highest BCUT2D eigenvalue weighted by atomic mass is 16.5. The number of hydrogen-bond acceptors (Lipinski definition) is 7. The Morgan fingerprint density at radius 1 is 1.20 bits per heavy atom. The van der Waals surface area contributed by atoms with Gasteiger partial charge in [-0.05, 0) is 52.0 Å². The summed E-state index contributed by atoms with van der Waals surface area (Å²) in [6.45, 7) is 10.3. The van der Waals surface area contributed by atoms with Crippen molar-refractivity contribution in [3.8, 4) is 11.4 Å². The molecule has 1 fully saturated rings. The third kappa shape index (κ3) is 5.54. The first kappa shape index (κ1) is 24.9. The Kier molecular flexibility index (Phi) is 7.23. The summed E-state index contributed by atoms with van der Waals surface area (Å²) in [6, 6.07) is 7.31. The van der Waals surface area contributed by atoms with Gasteiger partial charge in [0, 0.05) is 42.9 Å². The number of ether oxygens (including phenoxy) is 1. The van der Waals surface area contributed by atoms with E-state index in [4.69, 9.17) is 14.7 Å². The maximum Gasteiger partial charge on any atom is 0.319 e. The molecule has 0 saturated carbocycles. The van der Waals surface area contributed by atoms with Gasteiger partial charge in [-0.25, -0.2) is 14.8 Å². The summed E-state index contributed by atoms with van der Waals surface area (Å²) < 4.78 is 5.64. The molecule has 0 unspecified atom stereocenters. The number of aromatic nitrogens is 2. The van der Waals surface area contributed by atoms with Crippen molar-refractivity contribution in [1.82, 2.24) is 20.2 Å². The third-order valence-electron chi connectivity index (χ3n) is 6.23. The van der Waals surface area contributed by atoms with E-state index in [9.17, 15) is 14.7 Å². The third-order valence-corrected chi connectivity index (χ3v) is 6.23. The molecule has 4 rings (SSSR count). The fraction of sp³-hybridized carbons (Fsp3) is 0.520. The standard InChI is InChI=1S/C25H34N6O4/c1-5-26-24(33)27-18-8-6-17(7-9-18)21-28-20-10-11-30(23(32)25(3,4)34)14-19(20)22(29-21)31-12-13-35-15-16(31)2/h6-9,16,34H,5,10-15H2,1-4H3,(H2,26,27,33)/t16-/m1/s1. The number of hydrogen-bond donors (Lipinski definition) is 3. The number of carbonyl (C=O) groups excluding carboxylic acids is 2. The molecule has 3 N–H and O–H groups in total. The van der Waals surface area contributed by atoms with Crippen LogP contribution in [0.3, 0.4) is 0 Å². The highest BCUT2D eigenvalue weighted by Crippen LogP contribution is 2.32. The van der Waals surface area contributed by atoms with Crippen LogP contribution in [0.4, 0.5) is 16.3 Å². The molecule has 10 nitrogen and oxygen atoms in total. The number of nitrogens with zero attached hydrogens (tertiary/aromatic N) is 4. The van der Waals surface area contributed by atoms with E-state index in [1.807, 2.05) is 31.2 Å². The van der Waals surface area contributed by atoms with Gasteiger partial charge in [0.2, 0.25) is 0 Å². The fourth-order valence-electron chi connectivity index (χ4n) is 4.40. The van der Waals surface area contributed by atoms with Gasteiger partial charge in [-0.2, -0.15) is 0 Å². The zero-order valence-corrected chi connectivity index (χ0v) is 20.8. The van der Waals surface area contributed by atoms with Crippen LogP contribution >= 0.6 is 0 Å². The molecule has 188 valence electrons. The summed E-state index contributed by atoms with van der Waals surface area (Å²) in [6.07, 6.45) is 0.579. The smallest absolute Gasteiger partial charge is 0.319 e. The van der Waals surface area contributed by atoms with Gasteiger partial charge >= 0.3 is 6.03 Å². The molecule has 2 aromatic rings. The largest absolute Gasteiger partial charge is 0.381 e. The molecular weight excluding hydrogens is 448 g/mol. The van der Waals surface area contributed by atoms with Crippen molar-refractivity contribution in [2.45, 2.75) is 52.3 Å². The van der Waals surface area contributed by atoms with Gasteiger partial charge < -0.3 is 30.3 Å². The molecule has 0 radical (unpaired) electrons. The number of urea groups is 1. The highest BCUT2D eigenvalue weighted by Gasteiger charge is 2.35. The number of carbonyl (C=O) groups is 2. The van der Waals surface area contributed by atoms with Crippen LogP contribution in [0.2, 0.25) is 0 Å². The van der Waals surface area contributed by atoms with E-state index < -0.39 is 5.60 Å². The number of benzene rings is 1. The van der Waals surface area contributed by atoms with Gasteiger partial charge in [0.1, 0.15) is 11.4 Å². The van der Waals surface area contributed by atoms with Gasteiger partial charge in [-0.15, -0.1) is 0 Å². The monoisotopic (exact) mass is 482 g/mol. The van der Waals surface area contributed by atoms with Crippen LogP contribution in [-0.4, -0.2) is 76.4 Å². The van der Waals surface area contributed by atoms with Crippen molar-refractivity contribution >= 4 is 23.4 Å².